The van der Waals surface area contributed by atoms with E-state index in [1.165, 1.54) is 10.4 Å². The Labute approximate surface area is 157 Å². The summed E-state index contributed by atoms with van der Waals surface area (Å²) in [7, 11) is -2.57. The van der Waals surface area contributed by atoms with Gasteiger partial charge in [-0.2, -0.15) is 0 Å². The smallest absolute Gasteiger partial charge is 0.319 e. The third kappa shape index (κ3) is 3.31. The van der Waals surface area contributed by atoms with Crippen LogP contribution >= 0.6 is 0 Å². The van der Waals surface area contributed by atoms with Crippen molar-refractivity contribution in [3.8, 4) is 18.1 Å². The fourth-order valence-corrected chi connectivity index (χ4v) is 7.87. The van der Waals surface area contributed by atoms with E-state index in [0.717, 1.165) is 11.3 Å². The first-order valence-corrected chi connectivity index (χ1v) is 10.7. The van der Waals surface area contributed by atoms with Crippen LogP contribution in [-0.4, -0.2) is 8.32 Å². The minimum Gasteiger partial charge on any atom is -0.534 e. The van der Waals surface area contributed by atoms with Crippen LogP contribution in [0.4, 0.5) is 0 Å². The molecule has 2 heteroatoms. The largest absolute Gasteiger partial charge is 0.534 e. The number of hydrogen-bond acceptors (Lipinski definition) is 1. The lowest BCUT2D eigenvalue weighted by molar-refractivity contribution is 0.508. The van der Waals surface area contributed by atoms with Crippen LogP contribution in [0.15, 0.2) is 84.9 Å². The zero-order valence-corrected chi connectivity index (χ0v) is 16.6. The van der Waals surface area contributed by atoms with Crippen LogP contribution in [0.25, 0.3) is 0 Å². The summed E-state index contributed by atoms with van der Waals surface area (Å²) < 4.78 is 6.91. The molecule has 0 aliphatic rings. The van der Waals surface area contributed by atoms with Crippen molar-refractivity contribution in [3.05, 3.63) is 90.5 Å². The third-order valence-electron chi connectivity index (χ3n) is 4.71. The van der Waals surface area contributed by atoms with Gasteiger partial charge in [0, 0.05) is 5.56 Å². The second kappa shape index (κ2) is 7.23. The summed E-state index contributed by atoms with van der Waals surface area (Å²) in [5.74, 6) is 3.53. The molecule has 0 aliphatic heterocycles. The first kappa shape index (κ1) is 18.0. The molecule has 1 nitrogen and oxygen atoms in total. The lowest BCUT2D eigenvalue weighted by Crippen LogP contribution is -2.68. The summed E-state index contributed by atoms with van der Waals surface area (Å²) in [5.41, 5.74) is 0.861. The number of terminal acetylenes is 1. The Balaban J connectivity index is 2.21. The van der Waals surface area contributed by atoms with Gasteiger partial charge in [-0.1, -0.05) is 87.4 Å². The minimum atomic E-state index is -2.57. The molecule has 3 aromatic rings. The van der Waals surface area contributed by atoms with Crippen LogP contribution in [0.3, 0.4) is 0 Å². The topological polar surface area (TPSA) is 9.23 Å². The monoisotopic (exact) mass is 356 g/mol. The van der Waals surface area contributed by atoms with Crippen molar-refractivity contribution >= 4 is 18.7 Å². The van der Waals surface area contributed by atoms with E-state index in [1.54, 1.807) is 0 Å². The molecule has 0 N–H and O–H groups in total. The number of benzene rings is 3. The molecule has 0 atom stereocenters. The number of hydrogen-bond donors (Lipinski definition) is 0. The van der Waals surface area contributed by atoms with Crippen molar-refractivity contribution < 1.29 is 4.43 Å². The van der Waals surface area contributed by atoms with Crippen molar-refractivity contribution in [3.63, 3.8) is 0 Å². The molecule has 0 bridgehead atoms. The lowest BCUT2D eigenvalue weighted by Gasteiger charge is -2.43. The molecular weight excluding hydrogens is 332 g/mol. The Morgan fingerprint density at radius 3 is 1.58 bits per heavy atom. The van der Waals surface area contributed by atoms with Gasteiger partial charge in [0.1, 0.15) is 5.75 Å². The molecule has 26 heavy (non-hydrogen) atoms. The predicted molar refractivity (Wildman–Crippen MR) is 113 cm³/mol. The predicted octanol–water partition coefficient (Wildman–Crippen LogP) is 4.61. The third-order valence-corrected chi connectivity index (χ3v) is 9.66. The van der Waals surface area contributed by atoms with Gasteiger partial charge in [0.05, 0.1) is 0 Å². The highest BCUT2D eigenvalue weighted by Crippen LogP contribution is 2.37. The average Bonchev–Trinajstić information content (AvgIpc) is 2.67. The van der Waals surface area contributed by atoms with Gasteiger partial charge in [-0.05, 0) is 39.7 Å². The van der Waals surface area contributed by atoms with Gasteiger partial charge in [0.15, 0.2) is 0 Å². The van der Waals surface area contributed by atoms with Crippen molar-refractivity contribution in [2.45, 2.75) is 25.8 Å². The zero-order chi connectivity index (χ0) is 18.6. The number of rotatable bonds is 4. The Morgan fingerprint density at radius 1 is 0.731 bits per heavy atom. The maximum absolute atomic E-state index is 6.91. The van der Waals surface area contributed by atoms with Crippen LogP contribution in [0.1, 0.15) is 26.3 Å². The summed E-state index contributed by atoms with van der Waals surface area (Å²) in [5, 5.41) is 2.47. The van der Waals surface area contributed by atoms with Crippen molar-refractivity contribution in [1.29, 1.82) is 0 Å². The average molecular weight is 357 g/mol. The van der Waals surface area contributed by atoms with Gasteiger partial charge in [-0.3, -0.25) is 0 Å². The van der Waals surface area contributed by atoms with E-state index in [0.29, 0.717) is 0 Å². The van der Waals surface area contributed by atoms with Crippen molar-refractivity contribution in [2.24, 2.45) is 0 Å². The van der Waals surface area contributed by atoms with Crippen LogP contribution in [0.2, 0.25) is 5.04 Å². The van der Waals surface area contributed by atoms with Crippen molar-refractivity contribution in [1.82, 2.24) is 0 Å². The highest BCUT2D eigenvalue weighted by molar-refractivity contribution is 7.00. The molecule has 0 aromatic heterocycles. The summed E-state index contributed by atoms with van der Waals surface area (Å²) in [6.45, 7) is 6.82. The van der Waals surface area contributed by atoms with Gasteiger partial charge >= 0.3 is 8.32 Å². The maximum Gasteiger partial charge on any atom is 0.319 e. The quantitative estimate of drug-likeness (QED) is 0.490. The van der Waals surface area contributed by atoms with E-state index in [2.05, 4.69) is 87.4 Å². The van der Waals surface area contributed by atoms with Gasteiger partial charge in [0.2, 0.25) is 0 Å². The first-order valence-electron chi connectivity index (χ1n) is 8.84. The highest BCUT2D eigenvalue weighted by Gasteiger charge is 2.52. The van der Waals surface area contributed by atoms with Crippen LogP contribution < -0.4 is 14.8 Å². The summed E-state index contributed by atoms with van der Waals surface area (Å²) in [6.07, 6.45) is 5.50. The minimum absolute atomic E-state index is 0.0551. The zero-order valence-electron chi connectivity index (χ0n) is 15.6. The van der Waals surface area contributed by atoms with Gasteiger partial charge < -0.3 is 4.43 Å². The molecule has 0 radical (unpaired) electrons. The molecule has 0 spiro atoms. The summed E-state index contributed by atoms with van der Waals surface area (Å²) >= 11 is 0. The van der Waals surface area contributed by atoms with Crippen LogP contribution in [-0.2, 0) is 0 Å². The molecular formula is C24H24OSi. The SMILES string of the molecule is C#Cc1ccc(O[Si](c2ccccc2)(c2ccccc2)C(C)(C)C)cc1. The molecule has 130 valence electrons. The molecule has 0 unspecified atom stereocenters. The van der Waals surface area contributed by atoms with Gasteiger partial charge in [-0.15, -0.1) is 6.42 Å². The summed E-state index contributed by atoms with van der Waals surface area (Å²) in [6, 6.07) is 29.1. The van der Waals surface area contributed by atoms with E-state index in [-0.39, 0.29) is 5.04 Å². The van der Waals surface area contributed by atoms with Gasteiger partial charge in [-0.25, -0.2) is 0 Å². The molecule has 0 heterocycles. The molecule has 0 saturated carbocycles. The second-order valence-electron chi connectivity index (χ2n) is 7.43. The van der Waals surface area contributed by atoms with E-state index in [4.69, 9.17) is 10.8 Å². The Kier molecular flexibility index (Phi) is 5.02. The van der Waals surface area contributed by atoms with Gasteiger partial charge in [0.25, 0.3) is 0 Å². The molecule has 0 fully saturated rings. The maximum atomic E-state index is 6.91. The fraction of sp³-hybridized carbons (Fsp3) is 0.167. The lowest BCUT2D eigenvalue weighted by atomic mass is 10.2. The van der Waals surface area contributed by atoms with Crippen molar-refractivity contribution in [2.75, 3.05) is 0 Å². The Bertz CT molecular complexity index is 845. The fourth-order valence-electron chi connectivity index (χ4n) is 3.45. The van der Waals surface area contributed by atoms with Crippen LogP contribution in [0, 0.1) is 12.3 Å². The second-order valence-corrected chi connectivity index (χ2v) is 11.7. The highest BCUT2D eigenvalue weighted by atomic mass is 28.4. The Morgan fingerprint density at radius 2 is 1.19 bits per heavy atom. The Hall–Kier alpha value is -2.76. The molecule has 0 amide bonds. The molecule has 3 aromatic carbocycles. The first-order chi connectivity index (χ1) is 12.5. The summed E-state index contributed by atoms with van der Waals surface area (Å²) in [4.78, 5) is 0. The normalized spacial score (nSPS) is 11.6. The standard InChI is InChI=1S/C24H24OSi/c1-5-20-16-18-21(19-17-20)25-26(24(2,3)4,22-12-8-6-9-13-22)23-14-10-7-11-15-23/h1,6-19H,2-4H3. The van der Waals surface area contributed by atoms with E-state index < -0.39 is 8.32 Å². The molecule has 0 aliphatic carbocycles. The molecule has 3 rings (SSSR count). The van der Waals surface area contributed by atoms with Crippen LogP contribution in [0.5, 0.6) is 5.75 Å². The molecule has 0 saturated heterocycles. The van der Waals surface area contributed by atoms with E-state index in [9.17, 15) is 0 Å². The van der Waals surface area contributed by atoms with E-state index >= 15 is 0 Å². The van der Waals surface area contributed by atoms with E-state index in [1.807, 2.05) is 24.3 Å².